The molecule has 0 radical (unpaired) electrons. The first-order valence-electron chi connectivity index (χ1n) is 10.1. The number of hydrogen-bond donors (Lipinski definition) is 2. The smallest absolute Gasteiger partial charge is 0.243 e. The summed E-state index contributed by atoms with van der Waals surface area (Å²) in [6.45, 7) is 4.61. The van der Waals surface area contributed by atoms with Crippen LogP contribution in [-0.2, 0) is 29.5 Å². The molecule has 1 saturated heterocycles. The van der Waals surface area contributed by atoms with Crippen molar-refractivity contribution >= 4 is 51.3 Å². The van der Waals surface area contributed by atoms with E-state index in [1.165, 1.54) is 9.75 Å². The zero-order valence-corrected chi connectivity index (χ0v) is 21.5. The quantitative estimate of drug-likeness (QED) is 0.305. The van der Waals surface area contributed by atoms with Gasteiger partial charge >= 0.3 is 0 Å². The van der Waals surface area contributed by atoms with E-state index in [0.717, 1.165) is 31.2 Å². The normalized spacial score (nSPS) is 15.5. The van der Waals surface area contributed by atoms with Gasteiger partial charge in [0.25, 0.3) is 0 Å². The van der Waals surface area contributed by atoms with Crippen molar-refractivity contribution in [2.24, 2.45) is 4.99 Å². The van der Waals surface area contributed by atoms with Crippen LogP contribution in [0.25, 0.3) is 0 Å². The Labute approximate surface area is 201 Å². The van der Waals surface area contributed by atoms with Crippen LogP contribution >= 0.6 is 35.3 Å². The number of aryl methyl sites for hydroxylation is 1. The number of nitrogens with one attached hydrogen (secondary N) is 2. The van der Waals surface area contributed by atoms with Gasteiger partial charge in [-0.1, -0.05) is 25.5 Å². The predicted molar refractivity (Wildman–Crippen MR) is 135 cm³/mol. The summed E-state index contributed by atoms with van der Waals surface area (Å²) in [5.74, 6) is 0.695. The monoisotopic (exact) mass is 562 g/mol. The van der Waals surface area contributed by atoms with E-state index in [9.17, 15) is 8.42 Å². The molecule has 9 heteroatoms. The number of nitrogens with zero attached hydrogens (tertiary/aromatic N) is 2. The maximum Gasteiger partial charge on any atom is 0.243 e. The highest BCUT2D eigenvalue weighted by Gasteiger charge is 2.25. The molecule has 6 nitrogen and oxygen atoms in total. The van der Waals surface area contributed by atoms with Crippen LogP contribution in [0.2, 0.25) is 0 Å². The van der Waals surface area contributed by atoms with Crippen LogP contribution in [0.1, 0.15) is 41.5 Å². The Balaban J connectivity index is 0.00000320. The van der Waals surface area contributed by atoms with Crippen LogP contribution in [0.3, 0.4) is 0 Å². The van der Waals surface area contributed by atoms with Crippen LogP contribution in [0, 0.1) is 0 Å². The average molecular weight is 563 g/mol. The Morgan fingerprint density at radius 2 is 1.77 bits per heavy atom. The van der Waals surface area contributed by atoms with Gasteiger partial charge in [0.05, 0.1) is 11.4 Å². The summed E-state index contributed by atoms with van der Waals surface area (Å²) in [7, 11) is -1.68. The molecule has 1 aromatic carbocycles. The van der Waals surface area contributed by atoms with Crippen molar-refractivity contribution < 1.29 is 8.42 Å². The molecular weight excluding hydrogens is 531 g/mol. The molecule has 0 aliphatic carbocycles. The molecule has 0 saturated carbocycles. The summed E-state index contributed by atoms with van der Waals surface area (Å²) in [6.07, 6.45) is 4.03. The molecule has 3 rings (SSSR count). The van der Waals surface area contributed by atoms with Crippen molar-refractivity contribution in [2.45, 2.75) is 50.6 Å². The van der Waals surface area contributed by atoms with Crippen LogP contribution in [0.4, 0.5) is 0 Å². The topological polar surface area (TPSA) is 73.8 Å². The standard InChI is InChI=1S/C21H30N4O2S2.HI/c1-3-18-10-11-19(28-18)16-24-21(22-2)23-15-17-8-7-9-20(14-17)29(26,27)25-12-5-4-6-13-25;/h7-11,14H,3-6,12-13,15-16H2,1-2H3,(H2,22,23,24);1H. The number of hydrogen-bond acceptors (Lipinski definition) is 4. The van der Waals surface area contributed by atoms with Crippen LogP contribution < -0.4 is 10.6 Å². The molecule has 1 aliphatic heterocycles. The fourth-order valence-electron chi connectivity index (χ4n) is 3.35. The number of aliphatic imine (C=N–C) groups is 1. The van der Waals surface area contributed by atoms with Gasteiger partial charge in [0.2, 0.25) is 10.0 Å². The zero-order chi connectivity index (χ0) is 20.7. The van der Waals surface area contributed by atoms with Crippen molar-refractivity contribution in [3.8, 4) is 0 Å². The molecule has 0 amide bonds. The maximum absolute atomic E-state index is 12.9. The Bertz CT molecular complexity index is 938. The Morgan fingerprint density at radius 3 is 2.43 bits per heavy atom. The van der Waals surface area contributed by atoms with E-state index in [-0.39, 0.29) is 24.0 Å². The third-order valence-corrected chi connectivity index (χ3v) is 8.15. The van der Waals surface area contributed by atoms with Crippen molar-refractivity contribution in [1.82, 2.24) is 14.9 Å². The first kappa shape index (κ1) is 25.1. The lowest BCUT2D eigenvalue weighted by Crippen LogP contribution is -2.36. The molecule has 0 spiro atoms. The summed E-state index contributed by atoms with van der Waals surface area (Å²) in [6, 6.07) is 11.5. The van der Waals surface area contributed by atoms with Gasteiger partial charge in [0.15, 0.2) is 5.96 Å². The van der Waals surface area contributed by atoms with Crippen molar-refractivity contribution in [1.29, 1.82) is 0 Å². The summed E-state index contributed by atoms with van der Waals surface area (Å²) < 4.78 is 27.4. The predicted octanol–water partition coefficient (Wildman–Crippen LogP) is 3.97. The lowest BCUT2D eigenvalue weighted by atomic mass is 10.2. The maximum atomic E-state index is 12.9. The Hall–Kier alpha value is -1.17. The number of rotatable bonds is 7. The number of halogens is 1. The van der Waals surface area contributed by atoms with Crippen LogP contribution in [0.5, 0.6) is 0 Å². The molecular formula is C21H31IN4O2S2. The van der Waals surface area contributed by atoms with Gasteiger partial charge in [-0.25, -0.2) is 8.42 Å². The summed E-state index contributed by atoms with van der Waals surface area (Å²) in [5.41, 5.74) is 0.912. The van der Waals surface area contributed by atoms with Crippen molar-refractivity contribution in [2.75, 3.05) is 20.1 Å². The lowest BCUT2D eigenvalue weighted by Gasteiger charge is -2.26. The van der Waals surface area contributed by atoms with Gasteiger partial charge in [0, 0.05) is 36.4 Å². The highest BCUT2D eigenvalue weighted by atomic mass is 127. The van der Waals surface area contributed by atoms with Gasteiger partial charge in [-0.3, -0.25) is 4.99 Å². The number of guanidine groups is 1. The summed E-state index contributed by atoms with van der Waals surface area (Å²) in [4.78, 5) is 7.27. The Kier molecular flexibility index (Phi) is 10.1. The SMILES string of the molecule is CCc1ccc(CNC(=NC)NCc2cccc(S(=O)(=O)N3CCCCC3)c2)s1.I. The first-order valence-corrected chi connectivity index (χ1v) is 12.4. The first-order chi connectivity index (χ1) is 14.0. The lowest BCUT2D eigenvalue weighted by molar-refractivity contribution is 0.346. The summed E-state index contributed by atoms with van der Waals surface area (Å²) in [5, 5.41) is 6.58. The van der Waals surface area contributed by atoms with E-state index in [0.29, 0.717) is 37.0 Å². The molecule has 0 bridgehead atoms. The molecule has 2 heterocycles. The van der Waals surface area contributed by atoms with E-state index in [2.05, 4.69) is 34.7 Å². The van der Waals surface area contributed by atoms with Gasteiger partial charge in [-0.15, -0.1) is 35.3 Å². The fraction of sp³-hybridized carbons (Fsp3) is 0.476. The molecule has 30 heavy (non-hydrogen) atoms. The van der Waals surface area contributed by atoms with Crippen LogP contribution in [0.15, 0.2) is 46.3 Å². The van der Waals surface area contributed by atoms with E-state index >= 15 is 0 Å². The largest absolute Gasteiger partial charge is 0.352 e. The number of sulfonamides is 1. The second kappa shape index (κ2) is 12.0. The highest BCUT2D eigenvalue weighted by molar-refractivity contribution is 14.0. The minimum Gasteiger partial charge on any atom is -0.352 e. The number of benzene rings is 1. The Morgan fingerprint density at radius 1 is 1.07 bits per heavy atom. The minimum absolute atomic E-state index is 0. The molecule has 1 aliphatic rings. The van der Waals surface area contributed by atoms with Gasteiger partial charge in [0.1, 0.15) is 0 Å². The number of thiophene rings is 1. The van der Waals surface area contributed by atoms with Gasteiger partial charge in [-0.2, -0.15) is 4.31 Å². The van der Waals surface area contributed by atoms with Crippen molar-refractivity contribution in [3.63, 3.8) is 0 Å². The molecule has 2 aromatic rings. The van der Waals surface area contributed by atoms with Gasteiger partial charge < -0.3 is 10.6 Å². The molecule has 1 fully saturated rings. The minimum atomic E-state index is -3.41. The summed E-state index contributed by atoms with van der Waals surface area (Å²) >= 11 is 1.80. The molecule has 0 atom stereocenters. The second-order valence-electron chi connectivity index (χ2n) is 7.11. The van der Waals surface area contributed by atoms with E-state index < -0.39 is 10.0 Å². The second-order valence-corrected chi connectivity index (χ2v) is 10.3. The van der Waals surface area contributed by atoms with Crippen molar-refractivity contribution in [3.05, 3.63) is 51.7 Å². The molecule has 166 valence electrons. The highest BCUT2D eigenvalue weighted by Crippen LogP contribution is 2.21. The molecule has 0 unspecified atom stereocenters. The third-order valence-electron chi connectivity index (χ3n) is 5.03. The zero-order valence-electron chi connectivity index (χ0n) is 17.6. The van der Waals surface area contributed by atoms with E-state index in [4.69, 9.17) is 0 Å². The van der Waals surface area contributed by atoms with E-state index in [1.807, 2.05) is 12.1 Å². The molecule has 2 N–H and O–H groups in total. The molecule has 1 aromatic heterocycles. The number of piperidine rings is 1. The van der Waals surface area contributed by atoms with Gasteiger partial charge in [-0.05, 0) is 49.1 Å². The van der Waals surface area contributed by atoms with Crippen LogP contribution in [-0.4, -0.2) is 38.8 Å². The van der Waals surface area contributed by atoms with E-state index in [1.54, 1.807) is 34.8 Å². The average Bonchev–Trinajstić information content (AvgIpc) is 3.23. The third kappa shape index (κ3) is 6.66. The fourth-order valence-corrected chi connectivity index (χ4v) is 5.84.